The van der Waals surface area contributed by atoms with Crippen molar-refractivity contribution in [2.24, 2.45) is 0 Å². The molecule has 1 unspecified atom stereocenters. The molecule has 0 amide bonds. The molecular formula is C14H28N4O3. The summed E-state index contributed by atoms with van der Waals surface area (Å²) in [7, 11) is 7.25. The molecule has 0 fully saturated rings. The SMILES string of the molecule is COCCNCC(C)(O)c1c(OC)cnn1CCN(C)C. The molecule has 0 saturated heterocycles. The van der Waals surface area contributed by atoms with Crippen molar-refractivity contribution in [3.8, 4) is 5.75 Å². The van der Waals surface area contributed by atoms with E-state index in [4.69, 9.17) is 9.47 Å². The fraction of sp³-hybridized carbons (Fsp3) is 0.786. The summed E-state index contributed by atoms with van der Waals surface area (Å²) < 4.78 is 12.1. The Hall–Kier alpha value is -1.15. The third kappa shape index (κ3) is 5.28. The Morgan fingerprint density at radius 2 is 2.14 bits per heavy atom. The van der Waals surface area contributed by atoms with Crippen LogP contribution in [0.5, 0.6) is 5.75 Å². The van der Waals surface area contributed by atoms with Gasteiger partial charge in [-0.3, -0.25) is 4.68 Å². The number of hydrogen-bond acceptors (Lipinski definition) is 6. The second kappa shape index (κ2) is 8.33. The number of ether oxygens (including phenoxy) is 2. The third-order valence-corrected chi connectivity index (χ3v) is 3.25. The predicted molar refractivity (Wildman–Crippen MR) is 81.6 cm³/mol. The van der Waals surface area contributed by atoms with Crippen LogP contribution < -0.4 is 10.1 Å². The molecule has 0 saturated carbocycles. The van der Waals surface area contributed by atoms with Gasteiger partial charge in [-0.25, -0.2) is 0 Å². The molecule has 122 valence electrons. The van der Waals surface area contributed by atoms with Crippen molar-refractivity contribution in [2.45, 2.75) is 19.1 Å². The Labute approximate surface area is 126 Å². The van der Waals surface area contributed by atoms with Crippen LogP contribution in [0.25, 0.3) is 0 Å². The molecule has 7 heteroatoms. The summed E-state index contributed by atoms with van der Waals surface area (Å²) >= 11 is 0. The summed E-state index contributed by atoms with van der Waals surface area (Å²) in [6, 6.07) is 0. The molecule has 0 bridgehead atoms. The highest BCUT2D eigenvalue weighted by molar-refractivity contribution is 5.30. The molecule has 0 aromatic carbocycles. The lowest BCUT2D eigenvalue weighted by Gasteiger charge is -2.26. The highest BCUT2D eigenvalue weighted by Crippen LogP contribution is 2.29. The van der Waals surface area contributed by atoms with E-state index in [2.05, 4.69) is 15.3 Å². The number of aliphatic hydroxyl groups is 1. The molecule has 0 aliphatic rings. The summed E-state index contributed by atoms with van der Waals surface area (Å²) in [4.78, 5) is 2.07. The van der Waals surface area contributed by atoms with Gasteiger partial charge < -0.3 is 24.8 Å². The third-order valence-electron chi connectivity index (χ3n) is 3.25. The van der Waals surface area contributed by atoms with Gasteiger partial charge in [-0.15, -0.1) is 0 Å². The van der Waals surface area contributed by atoms with Gasteiger partial charge in [-0.05, 0) is 21.0 Å². The molecule has 21 heavy (non-hydrogen) atoms. The predicted octanol–water partition coefficient (Wildman–Crippen LogP) is -0.103. The summed E-state index contributed by atoms with van der Waals surface area (Å²) in [5.74, 6) is 0.604. The summed E-state index contributed by atoms with van der Waals surface area (Å²) in [5.41, 5.74) is -0.376. The van der Waals surface area contributed by atoms with Gasteiger partial charge in [-0.1, -0.05) is 0 Å². The van der Waals surface area contributed by atoms with Crippen molar-refractivity contribution in [2.75, 3.05) is 54.6 Å². The fourth-order valence-corrected chi connectivity index (χ4v) is 2.12. The summed E-state index contributed by atoms with van der Waals surface area (Å²) in [6.45, 7) is 4.98. The van der Waals surface area contributed by atoms with E-state index < -0.39 is 5.60 Å². The van der Waals surface area contributed by atoms with E-state index in [9.17, 15) is 5.11 Å². The first-order chi connectivity index (χ1) is 9.92. The first kappa shape index (κ1) is 17.9. The normalized spacial score (nSPS) is 14.4. The van der Waals surface area contributed by atoms with E-state index in [-0.39, 0.29) is 0 Å². The summed E-state index contributed by atoms with van der Waals surface area (Å²) in [5, 5.41) is 18.3. The monoisotopic (exact) mass is 300 g/mol. The molecule has 2 N–H and O–H groups in total. The first-order valence-corrected chi connectivity index (χ1v) is 7.09. The Morgan fingerprint density at radius 3 is 2.71 bits per heavy atom. The molecule has 1 atom stereocenters. The zero-order valence-corrected chi connectivity index (χ0v) is 13.7. The standard InChI is InChI=1S/C14H28N4O3/c1-14(19,11-15-6-9-20-4)13-12(21-5)10-16-18(13)8-7-17(2)3/h10,15,19H,6-9,11H2,1-5H3. The average molecular weight is 300 g/mol. The van der Waals surface area contributed by atoms with E-state index in [1.54, 1.807) is 32.0 Å². The van der Waals surface area contributed by atoms with Gasteiger partial charge in [0, 0.05) is 26.7 Å². The topological polar surface area (TPSA) is 71.8 Å². The van der Waals surface area contributed by atoms with E-state index in [0.29, 0.717) is 37.7 Å². The minimum Gasteiger partial charge on any atom is -0.493 e. The molecule has 0 aliphatic heterocycles. The fourth-order valence-electron chi connectivity index (χ4n) is 2.12. The second-order valence-electron chi connectivity index (χ2n) is 5.53. The number of likely N-dealkylation sites (N-methyl/N-ethyl adjacent to an activating group) is 1. The quantitative estimate of drug-likeness (QED) is 0.588. The summed E-state index contributed by atoms with van der Waals surface area (Å²) in [6.07, 6.45) is 1.65. The number of nitrogens with one attached hydrogen (secondary N) is 1. The van der Waals surface area contributed by atoms with Crippen molar-refractivity contribution >= 4 is 0 Å². The Kier molecular flexibility index (Phi) is 7.10. The van der Waals surface area contributed by atoms with Gasteiger partial charge in [0.2, 0.25) is 0 Å². The van der Waals surface area contributed by atoms with Gasteiger partial charge in [0.1, 0.15) is 11.3 Å². The zero-order chi connectivity index (χ0) is 15.9. The number of rotatable bonds is 10. The maximum Gasteiger partial charge on any atom is 0.162 e. The van der Waals surface area contributed by atoms with Gasteiger partial charge in [-0.2, -0.15) is 5.10 Å². The number of methoxy groups -OCH3 is 2. The van der Waals surface area contributed by atoms with Crippen LogP contribution >= 0.6 is 0 Å². The van der Waals surface area contributed by atoms with Gasteiger partial charge in [0.15, 0.2) is 5.75 Å². The molecule has 0 spiro atoms. The highest BCUT2D eigenvalue weighted by atomic mass is 16.5. The molecule has 7 nitrogen and oxygen atoms in total. The van der Waals surface area contributed by atoms with Crippen LogP contribution in [0.15, 0.2) is 6.20 Å². The molecule has 0 aliphatic carbocycles. The van der Waals surface area contributed by atoms with Crippen molar-refractivity contribution < 1.29 is 14.6 Å². The van der Waals surface area contributed by atoms with Crippen molar-refractivity contribution in [1.82, 2.24) is 20.0 Å². The molecule has 1 rings (SSSR count). The van der Waals surface area contributed by atoms with Crippen LogP contribution in [-0.2, 0) is 16.9 Å². The van der Waals surface area contributed by atoms with Gasteiger partial charge >= 0.3 is 0 Å². The molecule has 1 aromatic heterocycles. The minimum absolute atomic E-state index is 0.403. The van der Waals surface area contributed by atoms with Crippen LogP contribution in [0.4, 0.5) is 0 Å². The minimum atomic E-state index is -1.07. The van der Waals surface area contributed by atoms with Crippen LogP contribution in [0.3, 0.4) is 0 Å². The Balaban J connectivity index is 2.83. The van der Waals surface area contributed by atoms with Crippen molar-refractivity contribution in [1.29, 1.82) is 0 Å². The van der Waals surface area contributed by atoms with E-state index in [0.717, 1.165) is 6.54 Å². The van der Waals surface area contributed by atoms with Crippen LogP contribution in [0.2, 0.25) is 0 Å². The number of hydrogen-bond donors (Lipinski definition) is 2. The van der Waals surface area contributed by atoms with Gasteiger partial charge in [0.25, 0.3) is 0 Å². The maximum absolute atomic E-state index is 10.8. The largest absolute Gasteiger partial charge is 0.493 e. The maximum atomic E-state index is 10.8. The van der Waals surface area contributed by atoms with Crippen LogP contribution in [-0.4, -0.2) is 74.3 Å². The molecule has 1 heterocycles. The number of aromatic nitrogens is 2. The Bertz CT molecular complexity index is 418. The molecule has 0 radical (unpaired) electrons. The Morgan fingerprint density at radius 1 is 1.43 bits per heavy atom. The average Bonchev–Trinajstić information content (AvgIpc) is 2.85. The molecule has 1 aromatic rings. The first-order valence-electron chi connectivity index (χ1n) is 7.09. The van der Waals surface area contributed by atoms with Crippen LogP contribution in [0.1, 0.15) is 12.6 Å². The van der Waals surface area contributed by atoms with E-state index >= 15 is 0 Å². The van der Waals surface area contributed by atoms with Crippen molar-refractivity contribution in [3.05, 3.63) is 11.9 Å². The van der Waals surface area contributed by atoms with Crippen LogP contribution in [0, 0.1) is 0 Å². The van der Waals surface area contributed by atoms with Crippen molar-refractivity contribution in [3.63, 3.8) is 0 Å². The lowest BCUT2D eigenvalue weighted by atomic mass is 10.0. The highest BCUT2D eigenvalue weighted by Gasteiger charge is 2.31. The second-order valence-corrected chi connectivity index (χ2v) is 5.53. The lowest BCUT2D eigenvalue weighted by molar-refractivity contribution is 0.0427. The number of nitrogens with zero attached hydrogens (tertiary/aromatic N) is 3. The van der Waals surface area contributed by atoms with Gasteiger partial charge in [0.05, 0.1) is 26.5 Å². The lowest BCUT2D eigenvalue weighted by Crippen LogP contribution is -2.39. The molecular weight excluding hydrogens is 272 g/mol. The van der Waals surface area contributed by atoms with E-state index in [1.165, 1.54) is 0 Å². The van der Waals surface area contributed by atoms with E-state index in [1.807, 2.05) is 14.1 Å². The smallest absolute Gasteiger partial charge is 0.162 e. The zero-order valence-electron chi connectivity index (χ0n) is 13.7.